The molecule has 0 spiro atoms. The Morgan fingerprint density at radius 1 is 1.44 bits per heavy atom. The second kappa shape index (κ2) is 8.55. The second-order valence-corrected chi connectivity index (χ2v) is 7.35. The number of imide groups is 1. The molecule has 2 fully saturated rings. The Labute approximate surface area is 159 Å². The Balaban J connectivity index is 1.89. The van der Waals surface area contributed by atoms with E-state index in [-0.39, 0.29) is 37.1 Å². The van der Waals surface area contributed by atoms with Gasteiger partial charge in [0.2, 0.25) is 0 Å². The van der Waals surface area contributed by atoms with Crippen LogP contribution in [0.15, 0.2) is 11.6 Å². The summed E-state index contributed by atoms with van der Waals surface area (Å²) in [6.07, 6.45) is 7.22. The number of hydroxylamine groups is 1. The minimum Gasteiger partial charge on any atom is -0.443 e. The van der Waals surface area contributed by atoms with Gasteiger partial charge in [-0.05, 0) is 25.2 Å². The third kappa shape index (κ3) is 4.67. The van der Waals surface area contributed by atoms with Gasteiger partial charge in [-0.15, -0.1) is 6.42 Å². The minimum absolute atomic E-state index is 0.0383. The molecule has 1 aliphatic carbocycles. The topological polar surface area (TPSA) is 88.2 Å². The Bertz CT molecular complexity index is 679. The van der Waals surface area contributed by atoms with Crippen LogP contribution >= 0.6 is 0 Å². The lowest BCUT2D eigenvalue weighted by molar-refractivity contribution is -0.151. The van der Waals surface area contributed by atoms with Gasteiger partial charge in [-0.3, -0.25) is 9.59 Å². The first-order valence-corrected chi connectivity index (χ1v) is 8.95. The van der Waals surface area contributed by atoms with Crippen molar-refractivity contribution >= 4 is 17.9 Å². The number of ether oxygens (including phenoxy) is 1. The summed E-state index contributed by atoms with van der Waals surface area (Å²) >= 11 is 0. The summed E-state index contributed by atoms with van der Waals surface area (Å²) in [5.41, 5.74) is 3.67. The van der Waals surface area contributed by atoms with Gasteiger partial charge < -0.3 is 14.5 Å². The van der Waals surface area contributed by atoms with Crippen molar-refractivity contribution in [2.45, 2.75) is 27.7 Å². The summed E-state index contributed by atoms with van der Waals surface area (Å²) in [5, 5.41) is 0. The first-order chi connectivity index (χ1) is 12.7. The predicted molar refractivity (Wildman–Crippen MR) is 97.8 cm³/mol. The Kier molecular flexibility index (Phi) is 6.63. The zero-order chi connectivity index (χ0) is 20.2. The summed E-state index contributed by atoms with van der Waals surface area (Å²) in [4.78, 5) is 43.7. The van der Waals surface area contributed by atoms with Gasteiger partial charge in [0.05, 0.1) is 19.1 Å². The first-order valence-electron chi connectivity index (χ1n) is 8.95. The lowest BCUT2D eigenvalue weighted by Crippen LogP contribution is -2.36. The molecular formula is C19H27N3O5. The zero-order valence-electron chi connectivity index (χ0n) is 16.3. The van der Waals surface area contributed by atoms with Crippen molar-refractivity contribution in [2.75, 3.05) is 33.0 Å². The molecule has 0 bridgehead atoms. The highest BCUT2D eigenvalue weighted by molar-refractivity contribution is 6.02. The van der Waals surface area contributed by atoms with Crippen LogP contribution in [0.25, 0.3) is 0 Å². The number of rotatable bonds is 9. The Morgan fingerprint density at radius 2 is 2.15 bits per heavy atom. The van der Waals surface area contributed by atoms with E-state index in [1.165, 1.54) is 4.90 Å². The van der Waals surface area contributed by atoms with Gasteiger partial charge in [0.15, 0.2) is 6.73 Å². The summed E-state index contributed by atoms with van der Waals surface area (Å²) in [7, 11) is 0. The zero-order valence-corrected chi connectivity index (χ0v) is 16.3. The number of allylic oxidation sites excluding steroid dienone is 1. The van der Waals surface area contributed by atoms with Crippen LogP contribution in [0.5, 0.6) is 0 Å². The highest BCUT2D eigenvalue weighted by atomic mass is 16.6. The highest BCUT2D eigenvalue weighted by Crippen LogP contribution is 2.59. The molecule has 1 aliphatic heterocycles. The number of nitrogens with one attached hydrogen (secondary N) is 1. The average Bonchev–Trinajstić information content (AvgIpc) is 3.02. The largest absolute Gasteiger partial charge is 0.443 e. The van der Waals surface area contributed by atoms with Crippen LogP contribution in [0.2, 0.25) is 0 Å². The van der Waals surface area contributed by atoms with Crippen molar-refractivity contribution in [2.24, 2.45) is 17.3 Å². The summed E-state index contributed by atoms with van der Waals surface area (Å²) in [5.74, 6) is 1.21. The molecule has 1 N–H and O–H groups in total. The molecule has 1 saturated heterocycles. The maximum atomic E-state index is 12.5. The van der Waals surface area contributed by atoms with Crippen LogP contribution in [0.3, 0.4) is 0 Å². The molecule has 0 aromatic heterocycles. The number of urea groups is 1. The third-order valence-electron chi connectivity index (χ3n) is 4.97. The quantitative estimate of drug-likeness (QED) is 0.162. The van der Waals surface area contributed by atoms with E-state index in [1.54, 1.807) is 0 Å². The molecule has 27 heavy (non-hydrogen) atoms. The van der Waals surface area contributed by atoms with Crippen molar-refractivity contribution in [3.63, 3.8) is 0 Å². The van der Waals surface area contributed by atoms with Gasteiger partial charge >= 0.3 is 12.0 Å². The van der Waals surface area contributed by atoms with E-state index < -0.39 is 17.9 Å². The number of hydrogen-bond acceptors (Lipinski definition) is 6. The number of esters is 1. The molecule has 0 aromatic carbocycles. The first kappa shape index (κ1) is 20.9. The smallest absolute Gasteiger partial charge is 0.330 e. The molecule has 2 unspecified atom stereocenters. The number of carbonyl (C=O) groups excluding carboxylic acids is 3. The van der Waals surface area contributed by atoms with Crippen molar-refractivity contribution in [1.82, 2.24) is 15.3 Å². The Hall–Kier alpha value is -2.37. The Morgan fingerprint density at radius 3 is 2.78 bits per heavy atom. The normalized spacial score (nSPS) is 24.2. The maximum absolute atomic E-state index is 12.5. The van der Waals surface area contributed by atoms with Crippen LogP contribution in [0.1, 0.15) is 27.7 Å². The molecule has 2 atom stereocenters. The van der Waals surface area contributed by atoms with E-state index in [0.717, 1.165) is 10.5 Å². The van der Waals surface area contributed by atoms with Crippen LogP contribution in [0.4, 0.5) is 4.79 Å². The number of hydrogen-bond donors (Lipinski definition) is 1. The van der Waals surface area contributed by atoms with Crippen LogP contribution in [-0.4, -0.2) is 60.7 Å². The molecule has 0 radical (unpaired) electrons. The molecule has 3 amide bonds. The number of nitrogens with zero attached hydrogens (tertiary/aromatic N) is 2. The predicted octanol–water partition coefficient (Wildman–Crippen LogP) is 1.14. The molecule has 148 valence electrons. The van der Waals surface area contributed by atoms with E-state index in [2.05, 4.69) is 11.4 Å². The fourth-order valence-electron chi connectivity index (χ4n) is 3.24. The monoisotopic (exact) mass is 377 g/mol. The molecule has 8 nitrogen and oxygen atoms in total. The summed E-state index contributed by atoms with van der Waals surface area (Å²) < 4.78 is 5.26. The van der Waals surface area contributed by atoms with E-state index in [0.29, 0.717) is 13.2 Å². The number of amides is 3. The van der Waals surface area contributed by atoms with E-state index in [4.69, 9.17) is 16.0 Å². The van der Waals surface area contributed by atoms with Crippen LogP contribution < -0.4 is 5.48 Å². The van der Waals surface area contributed by atoms with E-state index >= 15 is 0 Å². The van der Waals surface area contributed by atoms with Gasteiger partial charge in [0.25, 0.3) is 5.91 Å². The number of carbonyl (C=O) groups is 3. The molecule has 8 heteroatoms. The van der Waals surface area contributed by atoms with E-state index in [1.807, 2.05) is 33.8 Å². The van der Waals surface area contributed by atoms with Gasteiger partial charge in [-0.25, -0.2) is 9.69 Å². The lowest BCUT2D eigenvalue weighted by Gasteiger charge is -2.15. The van der Waals surface area contributed by atoms with Crippen molar-refractivity contribution in [3.05, 3.63) is 11.6 Å². The number of terminal acetylenes is 1. The van der Waals surface area contributed by atoms with Gasteiger partial charge in [0, 0.05) is 6.54 Å². The maximum Gasteiger partial charge on any atom is 0.330 e. The summed E-state index contributed by atoms with van der Waals surface area (Å²) in [6, 6.07) is -0.532. The van der Waals surface area contributed by atoms with Gasteiger partial charge in [-0.2, -0.15) is 5.48 Å². The van der Waals surface area contributed by atoms with Crippen molar-refractivity contribution in [3.8, 4) is 12.3 Å². The molecule has 1 heterocycles. The lowest BCUT2D eigenvalue weighted by atomic mass is 10.1. The molecule has 2 aliphatic rings. The van der Waals surface area contributed by atoms with Crippen molar-refractivity contribution in [1.29, 1.82) is 0 Å². The van der Waals surface area contributed by atoms with E-state index in [9.17, 15) is 14.4 Å². The molecule has 1 saturated carbocycles. The average molecular weight is 377 g/mol. The minimum atomic E-state index is -0.532. The highest BCUT2D eigenvalue weighted by Gasteiger charge is 2.61. The SMILES string of the molecule is C#CCN1CC(=O)N(COC(=O)C2C(/C=C(\C)CNOCC)C2(C)C)C1=O. The standard InChI is InChI=1S/C19H27N3O5/c1-6-8-21-11-15(23)22(18(21)25)12-26-17(24)16-14(19(16,4)5)9-13(3)10-20-27-7-2/h1,9,14,16,20H,7-8,10-12H2,2-5H3/b13-9+. The third-order valence-corrected chi connectivity index (χ3v) is 4.97. The fraction of sp³-hybridized carbons (Fsp3) is 0.632. The fourth-order valence-corrected chi connectivity index (χ4v) is 3.24. The second-order valence-electron chi connectivity index (χ2n) is 7.35. The molecule has 0 aromatic rings. The summed E-state index contributed by atoms with van der Waals surface area (Å²) in [6.45, 7) is 8.56. The molecular weight excluding hydrogens is 350 g/mol. The van der Waals surface area contributed by atoms with Crippen molar-refractivity contribution < 1.29 is 24.0 Å². The van der Waals surface area contributed by atoms with Gasteiger partial charge in [-0.1, -0.05) is 31.4 Å². The van der Waals surface area contributed by atoms with Crippen LogP contribution in [-0.2, 0) is 19.2 Å². The van der Waals surface area contributed by atoms with Gasteiger partial charge in [0.1, 0.15) is 6.54 Å². The molecule has 2 rings (SSSR count). The van der Waals surface area contributed by atoms with Crippen LogP contribution in [0, 0.1) is 29.6 Å².